The predicted octanol–water partition coefficient (Wildman–Crippen LogP) is 3.14. The molecule has 2 aromatic carbocycles. The molecule has 0 heterocycles. The highest BCUT2D eigenvalue weighted by Crippen LogP contribution is 2.32. The maximum absolute atomic E-state index is 10.9. The number of nitrogens with zero attached hydrogens (tertiary/aromatic N) is 2. The summed E-state index contributed by atoms with van der Waals surface area (Å²) < 4.78 is 5.45. The Labute approximate surface area is 124 Å². The Balaban J connectivity index is 2.33. The maximum Gasteiger partial charge on any atom is 0.311 e. The number of nitro benzene ring substituents is 1. The number of para-hydroxylation sites is 2. The highest BCUT2D eigenvalue weighted by Gasteiger charge is 2.15. The smallest absolute Gasteiger partial charge is 0.311 e. The molecule has 0 fully saturated rings. The van der Waals surface area contributed by atoms with Crippen LogP contribution in [0.1, 0.15) is 5.56 Å². The van der Waals surface area contributed by atoms with Crippen LogP contribution in [0.5, 0.6) is 11.5 Å². The Bertz CT molecular complexity index is 718. The first-order valence-corrected chi connectivity index (χ1v) is 6.09. The molecule has 0 aliphatic carbocycles. The third-order valence-corrected chi connectivity index (χ3v) is 2.93. The van der Waals surface area contributed by atoms with Crippen LogP contribution in [0.3, 0.4) is 0 Å². The van der Waals surface area contributed by atoms with Crippen LogP contribution in [-0.2, 0) is 0 Å². The van der Waals surface area contributed by atoms with Gasteiger partial charge in [0.25, 0.3) is 0 Å². The lowest BCUT2D eigenvalue weighted by molar-refractivity contribution is -0.385. The summed E-state index contributed by atoms with van der Waals surface area (Å²) in [6.07, 6.45) is 0. The zero-order chi connectivity index (χ0) is 15.4. The lowest BCUT2D eigenvalue weighted by atomic mass is 10.2. The molecule has 2 aromatic rings. The van der Waals surface area contributed by atoms with Gasteiger partial charge >= 0.3 is 5.69 Å². The second-order valence-electron chi connectivity index (χ2n) is 3.95. The van der Waals surface area contributed by atoms with Gasteiger partial charge < -0.3 is 15.7 Å². The van der Waals surface area contributed by atoms with Gasteiger partial charge in [0, 0.05) is 17.7 Å². The minimum Gasteiger partial charge on any atom is -0.450 e. The van der Waals surface area contributed by atoms with Crippen LogP contribution in [0.25, 0.3) is 0 Å². The number of hydrogen-bond acceptors (Lipinski definition) is 5. The van der Waals surface area contributed by atoms with E-state index in [9.17, 15) is 10.1 Å². The molecule has 0 atom stereocenters. The Morgan fingerprint density at radius 3 is 2.67 bits per heavy atom. The van der Waals surface area contributed by atoms with Crippen LogP contribution in [0.4, 0.5) is 5.69 Å². The van der Waals surface area contributed by atoms with Crippen LogP contribution >= 0.6 is 11.6 Å². The minimum absolute atomic E-state index is 0.0927. The molecule has 108 valence electrons. The Kier molecular flexibility index (Phi) is 4.24. The molecule has 0 aromatic heterocycles. The lowest BCUT2D eigenvalue weighted by Gasteiger charge is -2.08. The molecule has 0 spiro atoms. The van der Waals surface area contributed by atoms with Crippen molar-refractivity contribution in [2.75, 3.05) is 0 Å². The molecule has 2 rings (SSSR count). The molecule has 7 nitrogen and oxygen atoms in total. The maximum atomic E-state index is 10.9. The second-order valence-corrected chi connectivity index (χ2v) is 4.36. The molecule has 3 N–H and O–H groups in total. The topological polar surface area (TPSA) is 111 Å². The average Bonchev–Trinajstić information content (AvgIpc) is 2.47. The number of hydrogen-bond donors (Lipinski definition) is 2. The molecule has 0 unspecified atom stereocenters. The van der Waals surface area contributed by atoms with E-state index in [-0.39, 0.29) is 22.3 Å². The summed E-state index contributed by atoms with van der Waals surface area (Å²) in [7, 11) is 0. The summed E-state index contributed by atoms with van der Waals surface area (Å²) in [6, 6.07) is 10.4. The molecule has 0 bridgehead atoms. The van der Waals surface area contributed by atoms with Crippen molar-refractivity contribution in [3.8, 4) is 11.5 Å². The number of oxime groups is 1. The third kappa shape index (κ3) is 3.21. The van der Waals surface area contributed by atoms with Gasteiger partial charge in [0.2, 0.25) is 5.75 Å². The quantitative estimate of drug-likeness (QED) is 0.296. The Morgan fingerprint density at radius 1 is 1.33 bits per heavy atom. The van der Waals surface area contributed by atoms with Gasteiger partial charge in [-0.3, -0.25) is 10.1 Å². The van der Waals surface area contributed by atoms with E-state index in [1.54, 1.807) is 12.1 Å². The summed E-state index contributed by atoms with van der Waals surface area (Å²) in [4.78, 5) is 10.4. The van der Waals surface area contributed by atoms with Gasteiger partial charge in [-0.2, -0.15) is 0 Å². The van der Waals surface area contributed by atoms with Crippen LogP contribution < -0.4 is 10.5 Å². The van der Waals surface area contributed by atoms with E-state index in [0.717, 1.165) is 0 Å². The molecule has 0 amide bonds. The van der Waals surface area contributed by atoms with E-state index in [0.29, 0.717) is 11.3 Å². The number of benzene rings is 2. The number of ether oxygens (including phenoxy) is 1. The molecule has 0 aliphatic rings. The van der Waals surface area contributed by atoms with Gasteiger partial charge in [-0.15, -0.1) is 0 Å². The standard InChI is InChI=1S/C13H10ClN3O4/c14-10-7-8(5-6-9(10)13(15)16-18)21-12-4-2-1-3-11(12)17(19)20/h1-7,18H,(H2,15,16). The van der Waals surface area contributed by atoms with Gasteiger partial charge in [-0.25, -0.2) is 0 Å². The zero-order valence-corrected chi connectivity index (χ0v) is 11.3. The van der Waals surface area contributed by atoms with E-state index in [2.05, 4.69) is 5.16 Å². The van der Waals surface area contributed by atoms with E-state index in [4.69, 9.17) is 27.3 Å². The molecule has 0 aliphatic heterocycles. The first kappa shape index (κ1) is 14.6. The van der Waals surface area contributed by atoms with Gasteiger partial charge in [0.1, 0.15) is 5.75 Å². The van der Waals surface area contributed by atoms with Crippen molar-refractivity contribution in [2.45, 2.75) is 0 Å². The number of nitro groups is 1. The van der Waals surface area contributed by atoms with Crippen molar-refractivity contribution >= 4 is 23.1 Å². The summed E-state index contributed by atoms with van der Waals surface area (Å²) in [6.45, 7) is 0. The van der Waals surface area contributed by atoms with E-state index >= 15 is 0 Å². The summed E-state index contributed by atoms with van der Waals surface area (Å²) in [5.74, 6) is 0.246. The van der Waals surface area contributed by atoms with Crippen molar-refractivity contribution in [3.05, 3.63) is 63.2 Å². The van der Waals surface area contributed by atoms with Crippen molar-refractivity contribution in [3.63, 3.8) is 0 Å². The van der Waals surface area contributed by atoms with Crippen molar-refractivity contribution in [1.82, 2.24) is 0 Å². The number of rotatable bonds is 4. The molecule has 0 saturated heterocycles. The minimum atomic E-state index is -0.540. The van der Waals surface area contributed by atoms with Crippen LogP contribution in [-0.4, -0.2) is 16.0 Å². The highest BCUT2D eigenvalue weighted by atomic mass is 35.5. The number of halogens is 1. The van der Waals surface area contributed by atoms with Crippen molar-refractivity contribution in [2.24, 2.45) is 10.9 Å². The van der Waals surface area contributed by atoms with Crippen LogP contribution in [0.2, 0.25) is 5.02 Å². The Morgan fingerprint density at radius 2 is 2.05 bits per heavy atom. The van der Waals surface area contributed by atoms with E-state index in [1.165, 1.54) is 30.3 Å². The largest absolute Gasteiger partial charge is 0.450 e. The van der Waals surface area contributed by atoms with Gasteiger partial charge in [-0.05, 0) is 18.2 Å². The van der Waals surface area contributed by atoms with Gasteiger partial charge in [0.05, 0.1) is 9.95 Å². The van der Waals surface area contributed by atoms with E-state index < -0.39 is 4.92 Å². The monoisotopic (exact) mass is 307 g/mol. The highest BCUT2D eigenvalue weighted by molar-refractivity contribution is 6.34. The lowest BCUT2D eigenvalue weighted by Crippen LogP contribution is -2.13. The Hall–Kier alpha value is -2.80. The first-order valence-electron chi connectivity index (χ1n) is 5.71. The second kappa shape index (κ2) is 6.10. The van der Waals surface area contributed by atoms with E-state index in [1.807, 2.05) is 0 Å². The molecular formula is C13H10ClN3O4. The van der Waals surface area contributed by atoms with Gasteiger partial charge in [0.15, 0.2) is 5.84 Å². The first-order chi connectivity index (χ1) is 10.0. The van der Waals surface area contributed by atoms with Crippen LogP contribution in [0.15, 0.2) is 47.6 Å². The third-order valence-electron chi connectivity index (χ3n) is 2.61. The normalized spacial score (nSPS) is 11.2. The molecule has 0 radical (unpaired) electrons. The zero-order valence-electron chi connectivity index (χ0n) is 10.6. The summed E-state index contributed by atoms with van der Waals surface area (Å²) >= 11 is 5.99. The number of amidine groups is 1. The molecule has 8 heteroatoms. The summed E-state index contributed by atoms with van der Waals surface area (Å²) in [5.41, 5.74) is 5.62. The molecule has 21 heavy (non-hydrogen) atoms. The average molecular weight is 308 g/mol. The fourth-order valence-electron chi connectivity index (χ4n) is 1.64. The van der Waals surface area contributed by atoms with Crippen LogP contribution in [0, 0.1) is 10.1 Å². The van der Waals surface area contributed by atoms with Crippen molar-refractivity contribution in [1.29, 1.82) is 0 Å². The fraction of sp³-hybridized carbons (Fsp3) is 0. The molecule has 0 saturated carbocycles. The predicted molar refractivity (Wildman–Crippen MR) is 77.1 cm³/mol. The SMILES string of the molecule is NC(=NO)c1ccc(Oc2ccccc2[N+](=O)[O-])cc1Cl. The molecular weight excluding hydrogens is 298 g/mol. The van der Waals surface area contributed by atoms with Crippen molar-refractivity contribution < 1.29 is 14.9 Å². The number of nitrogens with two attached hydrogens (primary N) is 1. The summed E-state index contributed by atoms with van der Waals surface area (Å²) in [5, 5.41) is 22.6. The van der Waals surface area contributed by atoms with Gasteiger partial charge in [-0.1, -0.05) is 28.9 Å². The fourth-order valence-corrected chi connectivity index (χ4v) is 1.91.